The van der Waals surface area contributed by atoms with Crippen LogP contribution >= 0.6 is 7.14 Å². The first kappa shape index (κ1) is 22.6. The van der Waals surface area contributed by atoms with E-state index in [1.54, 1.807) is 13.3 Å². The first-order valence-corrected chi connectivity index (χ1v) is 13.7. The Morgan fingerprint density at radius 2 is 1.94 bits per heavy atom. The van der Waals surface area contributed by atoms with Crippen LogP contribution in [0.4, 0.5) is 10.6 Å². The number of aromatic nitrogens is 2. The molecule has 1 heterocycles. The Morgan fingerprint density at radius 1 is 1.22 bits per heavy atom. The lowest BCUT2D eigenvalue weighted by Crippen LogP contribution is -2.36. The van der Waals surface area contributed by atoms with Gasteiger partial charge in [-0.25, -0.2) is 4.79 Å². The lowest BCUT2D eigenvalue weighted by atomic mass is 10.0. The van der Waals surface area contributed by atoms with Crippen LogP contribution < -0.4 is 15.9 Å². The third-order valence-electron chi connectivity index (χ3n) is 6.29. The first-order valence-electron chi connectivity index (χ1n) is 11.1. The molecule has 2 unspecified atom stereocenters. The number of H-pyrrole nitrogens is 1. The van der Waals surface area contributed by atoms with E-state index in [0.717, 1.165) is 48.7 Å². The molecular weight excluding hydrogens is 427 g/mol. The highest BCUT2D eigenvalue weighted by molar-refractivity contribution is 7.70. The summed E-state index contributed by atoms with van der Waals surface area (Å²) in [5.41, 5.74) is 1.71. The van der Waals surface area contributed by atoms with Crippen LogP contribution in [0.2, 0.25) is 0 Å². The summed E-state index contributed by atoms with van der Waals surface area (Å²) >= 11 is 0. The summed E-state index contributed by atoms with van der Waals surface area (Å²) in [5, 5.41) is 13.8. The summed E-state index contributed by atoms with van der Waals surface area (Å²) in [5.74, 6) is 0.538. The molecule has 32 heavy (non-hydrogen) atoms. The van der Waals surface area contributed by atoms with Crippen molar-refractivity contribution in [3.63, 3.8) is 0 Å². The van der Waals surface area contributed by atoms with Gasteiger partial charge in [0, 0.05) is 28.5 Å². The average molecular weight is 458 g/mol. The fraction of sp³-hybridized carbons (Fsp3) is 0.522. The van der Waals surface area contributed by atoms with Crippen LogP contribution in [0, 0.1) is 0 Å². The Labute approximate surface area is 188 Å². The van der Waals surface area contributed by atoms with Crippen LogP contribution in [0.1, 0.15) is 56.2 Å². The zero-order valence-corrected chi connectivity index (χ0v) is 19.7. The molecule has 1 aromatic heterocycles. The number of amides is 2. The second-order valence-corrected chi connectivity index (χ2v) is 12.9. The van der Waals surface area contributed by atoms with Gasteiger partial charge in [0.25, 0.3) is 0 Å². The molecule has 2 aliphatic carbocycles. The van der Waals surface area contributed by atoms with Gasteiger partial charge in [0.2, 0.25) is 5.91 Å². The van der Waals surface area contributed by atoms with E-state index < -0.39 is 7.14 Å². The number of hydrogen-bond donors (Lipinski definition) is 3. The number of benzene rings is 1. The number of nitrogens with zero attached hydrogens (tertiary/aromatic N) is 1. The average Bonchev–Trinajstić information content (AvgIpc) is 3.07. The highest BCUT2D eigenvalue weighted by Gasteiger charge is 2.40. The summed E-state index contributed by atoms with van der Waals surface area (Å²) < 4.78 is 17.7. The molecule has 2 atom stereocenters. The maximum absolute atomic E-state index is 12.4. The summed E-state index contributed by atoms with van der Waals surface area (Å²) in [6.07, 6.45) is 4.24. The van der Waals surface area contributed by atoms with E-state index in [9.17, 15) is 14.2 Å². The van der Waals surface area contributed by atoms with Crippen LogP contribution in [0.5, 0.6) is 0 Å². The van der Waals surface area contributed by atoms with Gasteiger partial charge in [-0.15, -0.1) is 0 Å². The zero-order chi connectivity index (χ0) is 22.9. The van der Waals surface area contributed by atoms with E-state index in [1.807, 2.05) is 37.3 Å². The highest BCUT2D eigenvalue weighted by Crippen LogP contribution is 2.37. The zero-order valence-electron chi connectivity index (χ0n) is 18.8. The largest absolute Gasteiger partial charge is 0.446 e. The van der Waals surface area contributed by atoms with Crippen LogP contribution in [-0.2, 0) is 20.5 Å². The third kappa shape index (κ3) is 5.80. The van der Waals surface area contributed by atoms with Crippen molar-refractivity contribution >= 4 is 30.3 Å². The van der Waals surface area contributed by atoms with Gasteiger partial charge in [-0.05, 0) is 57.9 Å². The number of aromatic amines is 1. The van der Waals surface area contributed by atoms with Gasteiger partial charge in [-0.1, -0.05) is 24.3 Å². The minimum Gasteiger partial charge on any atom is -0.446 e. The predicted octanol–water partition coefficient (Wildman–Crippen LogP) is 3.75. The van der Waals surface area contributed by atoms with Gasteiger partial charge >= 0.3 is 6.09 Å². The standard InChI is InChI=1S/C23H31N4O4P/c1-23(10-11-23)25-22(29)31-17-7-6-16(13-17)19-14-20(27-26-19)24-21(28)12-15-4-8-18(9-5-15)32(2,3)30/h4-5,8-9,14,16-17H,6-7,10-13H2,1-3H3,(H,25,29)(H2,24,26,27,28). The number of rotatable bonds is 7. The van der Waals surface area contributed by atoms with Crippen molar-refractivity contribution in [2.24, 2.45) is 0 Å². The van der Waals surface area contributed by atoms with E-state index in [1.165, 1.54) is 0 Å². The summed E-state index contributed by atoms with van der Waals surface area (Å²) in [6.45, 7) is 5.48. The lowest BCUT2D eigenvalue weighted by Gasteiger charge is -2.16. The SMILES string of the molecule is CC1(NC(=O)OC2CCC(c3cc(NC(=O)Cc4ccc(P(C)(C)=O)cc4)n[nH]3)C2)CC1. The van der Waals surface area contributed by atoms with Crippen molar-refractivity contribution in [2.75, 3.05) is 18.6 Å². The van der Waals surface area contributed by atoms with Crippen LogP contribution in [-0.4, -0.2) is 47.2 Å². The number of carbonyl (C=O) groups excluding carboxylic acids is 2. The molecule has 0 aliphatic heterocycles. The maximum Gasteiger partial charge on any atom is 0.407 e. The number of hydrogen-bond acceptors (Lipinski definition) is 5. The molecule has 9 heteroatoms. The monoisotopic (exact) mass is 458 g/mol. The minimum absolute atomic E-state index is 0.0817. The highest BCUT2D eigenvalue weighted by atomic mass is 31.2. The Hall–Kier alpha value is -2.60. The van der Waals surface area contributed by atoms with E-state index in [0.29, 0.717) is 5.82 Å². The van der Waals surface area contributed by atoms with E-state index in [-0.39, 0.29) is 36.0 Å². The van der Waals surface area contributed by atoms with Crippen molar-refractivity contribution in [1.29, 1.82) is 0 Å². The molecule has 3 N–H and O–H groups in total. The minimum atomic E-state index is -2.30. The van der Waals surface area contributed by atoms with Gasteiger partial charge in [-0.3, -0.25) is 9.89 Å². The topological polar surface area (TPSA) is 113 Å². The van der Waals surface area contributed by atoms with Crippen LogP contribution in [0.15, 0.2) is 30.3 Å². The van der Waals surface area contributed by atoms with Gasteiger partial charge in [-0.2, -0.15) is 5.10 Å². The Kier molecular flexibility index (Phi) is 6.17. The fourth-order valence-electron chi connectivity index (χ4n) is 4.02. The number of carbonyl (C=O) groups is 2. The van der Waals surface area contributed by atoms with Gasteiger partial charge in [0.1, 0.15) is 13.2 Å². The molecule has 4 rings (SSSR count). The normalized spacial score (nSPS) is 21.7. The molecule has 2 amide bonds. The molecule has 0 bridgehead atoms. The van der Waals surface area contributed by atoms with Crippen molar-refractivity contribution in [3.8, 4) is 0 Å². The van der Waals surface area contributed by atoms with Gasteiger partial charge in [0.05, 0.1) is 6.42 Å². The third-order valence-corrected chi connectivity index (χ3v) is 7.83. The van der Waals surface area contributed by atoms with Crippen molar-refractivity contribution in [2.45, 2.75) is 63.0 Å². The number of nitrogens with one attached hydrogen (secondary N) is 3. The number of anilines is 1. The lowest BCUT2D eigenvalue weighted by molar-refractivity contribution is -0.115. The predicted molar refractivity (Wildman–Crippen MR) is 124 cm³/mol. The molecule has 2 aromatic rings. The van der Waals surface area contributed by atoms with E-state index in [2.05, 4.69) is 20.8 Å². The molecule has 0 saturated heterocycles. The Morgan fingerprint density at radius 3 is 2.59 bits per heavy atom. The molecule has 2 aliphatic rings. The van der Waals surface area contributed by atoms with Crippen LogP contribution in [0.3, 0.4) is 0 Å². The van der Waals surface area contributed by atoms with E-state index >= 15 is 0 Å². The molecule has 1 aromatic carbocycles. The van der Waals surface area contributed by atoms with Gasteiger partial charge < -0.3 is 19.9 Å². The molecule has 8 nitrogen and oxygen atoms in total. The quantitative estimate of drug-likeness (QED) is 0.547. The molecule has 172 valence electrons. The first-order chi connectivity index (χ1) is 15.1. The molecule has 2 fully saturated rings. The van der Waals surface area contributed by atoms with Crippen molar-refractivity contribution in [3.05, 3.63) is 41.6 Å². The van der Waals surface area contributed by atoms with Gasteiger partial charge in [0.15, 0.2) is 5.82 Å². The molecular formula is C23H31N4O4P. The molecule has 2 saturated carbocycles. The fourth-order valence-corrected chi connectivity index (χ4v) is 4.89. The maximum atomic E-state index is 12.4. The Balaban J connectivity index is 1.26. The van der Waals surface area contributed by atoms with Crippen molar-refractivity contribution in [1.82, 2.24) is 15.5 Å². The number of alkyl carbamates (subject to hydrolysis) is 1. The van der Waals surface area contributed by atoms with Crippen LogP contribution in [0.25, 0.3) is 0 Å². The number of ether oxygens (including phenoxy) is 1. The van der Waals surface area contributed by atoms with E-state index in [4.69, 9.17) is 4.74 Å². The van der Waals surface area contributed by atoms with Crippen molar-refractivity contribution < 1.29 is 18.9 Å². The second-order valence-electron chi connectivity index (χ2n) is 9.67. The summed E-state index contributed by atoms with van der Waals surface area (Å²) in [7, 11) is -2.30. The summed E-state index contributed by atoms with van der Waals surface area (Å²) in [4.78, 5) is 24.4. The smallest absolute Gasteiger partial charge is 0.407 e. The molecule has 0 radical (unpaired) electrons. The Bertz CT molecular complexity index is 1040. The second kappa shape index (κ2) is 8.74. The summed E-state index contributed by atoms with van der Waals surface area (Å²) in [6, 6.07) is 9.16. The molecule has 0 spiro atoms.